The first-order chi connectivity index (χ1) is 12.1. The van der Waals surface area contributed by atoms with Crippen LogP contribution in [0.4, 0.5) is 8.78 Å². The van der Waals surface area contributed by atoms with E-state index in [1.807, 2.05) is 17.0 Å². The molecular weight excluding hydrogens is 346 g/mol. The third-order valence-corrected chi connectivity index (χ3v) is 5.98. The maximum Gasteiger partial charge on any atom is 0.387 e. The average Bonchev–Trinajstić information content (AvgIpc) is 3.30. The van der Waals surface area contributed by atoms with E-state index in [2.05, 4.69) is 10.1 Å². The number of carbonyl (C=O) groups excluding carboxylic acids is 1. The number of nitrogens with one attached hydrogen (secondary N) is 1. The Morgan fingerprint density at radius 1 is 1.12 bits per heavy atom. The summed E-state index contributed by atoms with van der Waals surface area (Å²) >= 11 is 1.43. The van der Waals surface area contributed by atoms with Crippen LogP contribution in [0.25, 0.3) is 10.4 Å². The van der Waals surface area contributed by atoms with Gasteiger partial charge in [0.2, 0.25) is 0 Å². The molecule has 7 heteroatoms. The first-order valence-electron chi connectivity index (χ1n) is 8.25. The lowest BCUT2D eigenvalue weighted by molar-refractivity contribution is -0.0498. The van der Waals surface area contributed by atoms with Crippen LogP contribution in [0, 0.1) is 11.8 Å². The number of amides is 1. The van der Waals surface area contributed by atoms with E-state index in [1.54, 1.807) is 12.1 Å². The number of nitrogens with zero attached hydrogens (tertiary/aromatic N) is 1. The normalized spacial score (nSPS) is 22.4. The summed E-state index contributed by atoms with van der Waals surface area (Å²) in [5, 5.41) is 3.37. The fraction of sp³-hybridized carbons (Fsp3) is 0.389. The summed E-state index contributed by atoms with van der Waals surface area (Å²) in [7, 11) is 0. The lowest BCUT2D eigenvalue weighted by Crippen LogP contribution is -2.31. The van der Waals surface area contributed by atoms with E-state index in [4.69, 9.17) is 0 Å². The maximum atomic E-state index is 12.7. The van der Waals surface area contributed by atoms with E-state index in [9.17, 15) is 13.6 Å². The summed E-state index contributed by atoms with van der Waals surface area (Å²) in [6, 6.07) is 10.2. The molecule has 2 fully saturated rings. The summed E-state index contributed by atoms with van der Waals surface area (Å²) in [5.41, 5.74) is 0.883. The highest BCUT2D eigenvalue weighted by molar-refractivity contribution is 7.17. The van der Waals surface area contributed by atoms with Crippen molar-refractivity contribution in [2.24, 2.45) is 11.8 Å². The number of likely N-dealkylation sites (tertiary alicyclic amines) is 1. The Balaban J connectivity index is 1.45. The van der Waals surface area contributed by atoms with Gasteiger partial charge in [-0.25, -0.2) is 0 Å². The first-order valence-corrected chi connectivity index (χ1v) is 9.07. The predicted molar refractivity (Wildman–Crippen MR) is 92.1 cm³/mol. The fourth-order valence-electron chi connectivity index (χ4n) is 3.59. The number of alkyl halides is 2. The van der Waals surface area contributed by atoms with E-state index in [-0.39, 0.29) is 11.7 Å². The Labute approximate surface area is 148 Å². The molecule has 1 aromatic carbocycles. The van der Waals surface area contributed by atoms with Crippen molar-refractivity contribution in [2.45, 2.75) is 6.61 Å². The van der Waals surface area contributed by atoms with Gasteiger partial charge < -0.3 is 15.0 Å². The zero-order valence-corrected chi connectivity index (χ0v) is 14.3. The molecular formula is C18H18F2N2O2S. The Kier molecular flexibility index (Phi) is 4.43. The highest BCUT2D eigenvalue weighted by Crippen LogP contribution is 2.33. The number of halogens is 2. The largest absolute Gasteiger partial charge is 0.435 e. The number of hydrogen-bond acceptors (Lipinski definition) is 4. The van der Waals surface area contributed by atoms with Crippen LogP contribution in [0.2, 0.25) is 0 Å². The molecule has 0 unspecified atom stereocenters. The third-order valence-electron chi connectivity index (χ3n) is 4.86. The lowest BCUT2D eigenvalue weighted by atomic mass is 10.0. The zero-order chi connectivity index (χ0) is 17.4. The number of benzene rings is 1. The van der Waals surface area contributed by atoms with Crippen molar-refractivity contribution in [3.8, 4) is 16.2 Å². The van der Waals surface area contributed by atoms with Crippen LogP contribution in [-0.4, -0.2) is 43.6 Å². The molecule has 3 heterocycles. The third kappa shape index (κ3) is 3.39. The summed E-state index contributed by atoms with van der Waals surface area (Å²) in [5.74, 6) is 1.36. The van der Waals surface area contributed by atoms with Gasteiger partial charge in [0, 0.05) is 31.1 Å². The van der Waals surface area contributed by atoms with Gasteiger partial charge in [0.15, 0.2) is 0 Å². The standard InChI is InChI=1S/C18H18F2N2O2S/c19-18(20)24-14-3-1-11(2-4-14)15-5-6-16(25-15)17(23)22-9-12-7-21-8-13(12)10-22/h1-6,12-13,18,21H,7-10H2/t12-,13+. The van der Waals surface area contributed by atoms with Crippen LogP contribution >= 0.6 is 11.3 Å². The molecule has 2 aliphatic heterocycles. The Morgan fingerprint density at radius 2 is 1.80 bits per heavy atom. The quantitative estimate of drug-likeness (QED) is 0.905. The lowest BCUT2D eigenvalue weighted by Gasteiger charge is -2.16. The average molecular weight is 364 g/mol. The molecule has 0 bridgehead atoms. The molecule has 0 spiro atoms. The van der Waals surface area contributed by atoms with E-state index in [1.165, 1.54) is 23.5 Å². The van der Waals surface area contributed by atoms with Crippen molar-refractivity contribution in [3.63, 3.8) is 0 Å². The van der Waals surface area contributed by atoms with E-state index in [0.29, 0.717) is 11.8 Å². The molecule has 2 atom stereocenters. The van der Waals surface area contributed by atoms with Crippen LogP contribution in [-0.2, 0) is 0 Å². The van der Waals surface area contributed by atoms with E-state index >= 15 is 0 Å². The fourth-order valence-corrected chi connectivity index (χ4v) is 4.57. The van der Waals surface area contributed by atoms with Gasteiger partial charge in [-0.05, 0) is 53.8 Å². The van der Waals surface area contributed by atoms with Gasteiger partial charge in [-0.3, -0.25) is 4.79 Å². The van der Waals surface area contributed by atoms with Crippen molar-refractivity contribution >= 4 is 17.2 Å². The molecule has 132 valence electrons. The highest BCUT2D eigenvalue weighted by atomic mass is 32.1. The maximum absolute atomic E-state index is 12.7. The molecule has 4 nitrogen and oxygen atoms in total. The minimum absolute atomic E-state index is 0.0864. The Morgan fingerprint density at radius 3 is 2.44 bits per heavy atom. The van der Waals surface area contributed by atoms with E-state index < -0.39 is 6.61 Å². The van der Waals surface area contributed by atoms with Crippen LogP contribution in [0.15, 0.2) is 36.4 Å². The van der Waals surface area contributed by atoms with Crippen molar-refractivity contribution < 1.29 is 18.3 Å². The van der Waals surface area contributed by atoms with Gasteiger partial charge in [-0.1, -0.05) is 0 Å². The molecule has 2 saturated heterocycles. The summed E-state index contributed by atoms with van der Waals surface area (Å²) in [6.45, 7) is 0.813. The van der Waals surface area contributed by atoms with Gasteiger partial charge in [0.25, 0.3) is 5.91 Å². The molecule has 25 heavy (non-hydrogen) atoms. The molecule has 0 aliphatic carbocycles. The van der Waals surface area contributed by atoms with Gasteiger partial charge in [-0.15, -0.1) is 11.3 Å². The van der Waals surface area contributed by atoms with Gasteiger partial charge in [-0.2, -0.15) is 8.78 Å². The zero-order valence-electron chi connectivity index (χ0n) is 13.5. The summed E-state index contributed by atoms with van der Waals surface area (Å²) in [4.78, 5) is 16.3. The van der Waals surface area contributed by atoms with E-state index in [0.717, 1.165) is 41.5 Å². The van der Waals surface area contributed by atoms with Crippen molar-refractivity contribution in [1.82, 2.24) is 10.2 Å². The van der Waals surface area contributed by atoms with Gasteiger partial charge >= 0.3 is 6.61 Å². The Bertz CT molecular complexity index is 751. The number of rotatable bonds is 4. The van der Waals surface area contributed by atoms with Gasteiger partial charge in [0.05, 0.1) is 4.88 Å². The van der Waals surface area contributed by atoms with Crippen LogP contribution in [0.5, 0.6) is 5.75 Å². The molecule has 1 amide bonds. The summed E-state index contributed by atoms with van der Waals surface area (Å²) in [6.07, 6.45) is 0. The molecule has 1 aromatic heterocycles. The summed E-state index contributed by atoms with van der Waals surface area (Å²) < 4.78 is 28.8. The minimum Gasteiger partial charge on any atom is -0.435 e. The van der Waals surface area contributed by atoms with Crippen molar-refractivity contribution in [3.05, 3.63) is 41.3 Å². The molecule has 1 N–H and O–H groups in total. The van der Waals surface area contributed by atoms with Crippen LogP contribution < -0.4 is 10.1 Å². The highest BCUT2D eigenvalue weighted by Gasteiger charge is 2.38. The number of thiophene rings is 1. The second-order valence-corrected chi connectivity index (χ2v) is 7.54. The molecule has 4 rings (SSSR count). The monoisotopic (exact) mass is 364 g/mol. The number of ether oxygens (including phenoxy) is 1. The van der Waals surface area contributed by atoms with Crippen LogP contribution in [0.1, 0.15) is 9.67 Å². The molecule has 0 saturated carbocycles. The number of carbonyl (C=O) groups is 1. The first kappa shape index (κ1) is 16.5. The molecule has 2 aromatic rings. The second kappa shape index (κ2) is 6.72. The molecule has 0 radical (unpaired) electrons. The number of hydrogen-bond donors (Lipinski definition) is 1. The van der Waals surface area contributed by atoms with Gasteiger partial charge in [0.1, 0.15) is 5.75 Å². The molecule has 2 aliphatic rings. The topological polar surface area (TPSA) is 41.6 Å². The SMILES string of the molecule is O=C(c1ccc(-c2ccc(OC(F)F)cc2)s1)N1C[C@H]2CNC[C@H]2C1. The van der Waals surface area contributed by atoms with Crippen LogP contribution in [0.3, 0.4) is 0 Å². The smallest absolute Gasteiger partial charge is 0.387 e. The second-order valence-electron chi connectivity index (χ2n) is 6.46. The number of fused-ring (bicyclic) bond motifs is 1. The van der Waals surface area contributed by atoms with Crippen molar-refractivity contribution in [2.75, 3.05) is 26.2 Å². The minimum atomic E-state index is -2.83. The Hall–Kier alpha value is -1.99. The van der Waals surface area contributed by atoms with Crippen molar-refractivity contribution in [1.29, 1.82) is 0 Å². The predicted octanol–water partition coefficient (Wildman–Crippen LogP) is 3.31.